The third kappa shape index (κ3) is 2.82. The summed E-state index contributed by atoms with van der Waals surface area (Å²) in [5.74, 6) is 2.34. The Hall–Kier alpha value is -1.04. The molecule has 3 aliphatic rings. The zero-order chi connectivity index (χ0) is 15.4. The van der Waals surface area contributed by atoms with Gasteiger partial charge in [0.15, 0.2) is 0 Å². The highest BCUT2D eigenvalue weighted by Crippen LogP contribution is 2.49. The van der Waals surface area contributed by atoms with E-state index in [0.29, 0.717) is 5.41 Å². The first-order valence-electron chi connectivity index (χ1n) is 8.49. The van der Waals surface area contributed by atoms with Crippen LogP contribution in [0.1, 0.15) is 54.4 Å². The predicted octanol–water partition coefficient (Wildman–Crippen LogP) is 6.08. The van der Waals surface area contributed by atoms with Gasteiger partial charge in [-0.2, -0.15) is 0 Å². The topological polar surface area (TPSA) is 0 Å². The Kier molecular flexibility index (Phi) is 3.35. The largest absolute Gasteiger partial charge is 0.0802 e. The summed E-state index contributed by atoms with van der Waals surface area (Å²) >= 11 is 0. The Bertz CT molecular complexity index is 552. The van der Waals surface area contributed by atoms with Crippen LogP contribution in [0.15, 0.2) is 47.1 Å². The Morgan fingerprint density at radius 3 is 2.14 bits per heavy atom. The van der Waals surface area contributed by atoms with E-state index < -0.39 is 0 Å². The van der Waals surface area contributed by atoms with Crippen LogP contribution in [0.2, 0.25) is 0 Å². The second-order valence-electron chi connectivity index (χ2n) is 9.29. The summed E-state index contributed by atoms with van der Waals surface area (Å²) in [6, 6.07) is 0. The molecule has 0 N–H and O–H groups in total. The average molecular weight is 282 g/mol. The fraction of sp³-hybridized carbons (Fsp3) is 0.619. The van der Waals surface area contributed by atoms with Crippen LogP contribution in [0.4, 0.5) is 0 Å². The summed E-state index contributed by atoms with van der Waals surface area (Å²) in [6.45, 7) is 14.1. The molecule has 1 saturated carbocycles. The highest BCUT2D eigenvalue weighted by atomic mass is 14.4. The van der Waals surface area contributed by atoms with Crippen molar-refractivity contribution < 1.29 is 0 Å². The Labute approximate surface area is 130 Å². The van der Waals surface area contributed by atoms with Gasteiger partial charge in [-0.15, -0.1) is 0 Å². The van der Waals surface area contributed by atoms with Crippen LogP contribution in [0.5, 0.6) is 0 Å². The lowest BCUT2D eigenvalue weighted by molar-refractivity contribution is 0.240. The molecule has 0 bridgehead atoms. The van der Waals surface area contributed by atoms with Gasteiger partial charge < -0.3 is 0 Å². The lowest BCUT2D eigenvalue weighted by Gasteiger charge is -2.26. The molecule has 114 valence electrons. The van der Waals surface area contributed by atoms with Crippen LogP contribution in [0, 0.1) is 28.6 Å². The van der Waals surface area contributed by atoms with Gasteiger partial charge in [0.2, 0.25) is 0 Å². The van der Waals surface area contributed by atoms with E-state index in [0.717, 1.165) is 17.8 Å². The van der Waals surface area contributed by atoms with Crippen LogP contribution < -0.4 is 0 Å². The SMILES string of the molecule is CC(C)(C)C1=CC2=CC3CC(C(C)(C)C)CC3C=CC2=C1. The molecule has 0 aromatic carbocycles. The summed E-state index contributed by atoms with van der Waals surface area (Å²) in [5, 5.41) is 0. The van der Waals surface area contributed by atoms with Crippen molar-refractivity contribution in [3.8, 4) is 0 Å². The zero-order valence-electron chi connectivity index (χ0n) is 14.5. The van der Waals surface area contributed by atoms with Crippen LogP contribution in [0.3, 0.4) is 0 Å². The first-order valence-corrected chi connectivity index (χ1v) is 8.49. The molecule has 3 rings (SSSR count). The molecule has 3 atom stereocenters. The number of fused-ring (bicyclic) bond motifs is 2. The van der Waals surface area contributed by atoms with E-state index in [1.807, 2.05) is 0 Å². The lowest BCUT2D eigenvalue weighted by Crippen LogP contribution is -2.17. The third-order valence-electron chi connectivity index (χ3n) is 5.63. The minimum atomic E-state index is 0.247. The highest BCUT2D eigenvalue weighted by molar-refractivity contribution is 5.59. The molecule has 0 heteroatoms. The van der Waals surface area contributed by atoms with Crippen molar-refractivity contribution in [1.29, 1.82) is 0 Å². The molecular weight excluding hydrogens is 252 g/mol. The summed E-state index contributed by atoms with van der Waals surface area (Å²) in [4.78, 5) is 0. The van der Waals surface area contributed by atoms with Gasteiger partial charge in [-0.3, -0.25) is 0 Å². The van der Waals surface area contributed by atoms with Gasteiger partial charge >= 0.3 is 0 Å². The molecule has 0 radical (unpaired) electrons. The van der Waals surface area contributed by atoms with E-state index in [9.17, 15) is 0 Å². The van der Waals surface area contributed by atoms with Crippen molar-refractivity contribution in [3.63, 3.8) is 0 Å². The molecule has 1 fully saturated rings. The smallest absolute Gasteiger partial charge is 0.0131 e. The molecular formula is C21H30. The van der Waals surface area contributed by atoms with Gasteiger partial charge in [-0.25, -0.2) is 0 Å². The molecule has 0 aromatic rings. The summed E-state index contributed by atoms with van der Waals surface area (Å²) < 4.78 is 0. The van der Waals surface area contributed by atoms with Gasteiger partial charge in [0.1, 0.15) is 0 Å². The van der Waals surface area contributed by atoms with Crippen LogP contribution in [0.25, 0.3) is 0 Å². The molecule has 21 heavy (non-hydrogen) atoms. The maximum absolute atomic E-state index is 2.57. The molecule has 0 aliphatic heterocycles. The number of hydrogen-bond acceptors (Lipinski definition) is 0. The fourth-order valence-electron chi connectivity index (χ4n) is 3.95. The van der Waals surface area contributed by atoms with Crippen molar-refractivity contribution in [1.82, 2.24) is 0 Å². The van der Waals surface area contributed by atoms with Crippen molar-refractivity contribution in [2.24, 2.45) is 28.6 Å². The number of allylic oxidation sites excluding steroid dienone is 8. The average Bonchev–Trinajstić information content (AvgIpc) is 2.88. The van der Waals surface area contributed by atoms with E-state index in [4.69, 9.17) is 0 Å². The van der Waals surface area contributed by atoms with E-state index in [1.165, 1.54) is 29.6 Å². The first kappa shape index (κ1) is 14.9. The van der Waals surface area contributed by atoms with Crippen molar-refractivity contribution >= 4 is 0 Å². The minimum absolute atomic E-state index is 0.247. The normalized spacial score (nSPS) is 32.1. The van der Waals surface area contributed by atoms with Crippen LogP contribution in [-0.2, 0) is 0 Å². The molecule has 0 spiro atoms. The molecule has 0 nitrogen and oxygen atoms in total. The Balaban J connectivity index is 1.88. The van der Waals surface area contributed by atoms with Gasteiger partial charge in [-0.05, 0) is 58.1 Å². The third-order valence-corrected chi connectivity index (χ3v) is 5.63. The van der Waals surface area contributed by atoms with Crippen molar-refractivity contribution in [2.75, 3.05) is 0 Å². The molecule has 0 heterocycles. The maximum atomic E-state index is 2.57. The predicted molar refractivity (Wildman–Crippen MR) is 92.0 cm³/mol. The summed E-state index contributed by atoms with van der Waals surface area (Å²) in [7, 11) is 0. The Morgan fingerprint density at radius 2 is 1.52 bits per heavy atom. The molecule has 0 amide bonds. The molecule has 0 saturated heterocycles. The quantitative estimate of drug-likeness (QED) is 0.505. The van der Waals surface area contributed by atoms with E-state index in [1.54, 1.807) is 0 Å². The van der Waals surface area contributed by atoms with Gasteiger partial charge in [0.05, 0.1) is 0 Å². The van der Waals surface area contributed by atoms with Gasteiger partial charge in [0, 0.05) is 0 Å². The summed E-state index contributed by atoms with van der Waals surface area (Å²) in [5.41, 5.74) is 5.06. The van der Waals surface area contributed by atoms with E-state index in [2.05, 4.69) is 71.9 Å². The fourth-order valence-corrected chi connectivity index (χ4v) is 3.95. The standard InChI is InChI=1S/C21H30/c1-20(2,3)18-10-14-7-8-15-11-19(21(4,5)6)13-17(15)9-16(14)12-18/h7-10,12,15,17,19H,11,13H2,1-6H3. The second kappa shape index (κ2) is 4.73. The van der Waals surface area contributed by atoms with E-state index >= 15 is 0 Å². The maximum Gasteiger partial charge on any atom is -0.0131 e. The Morgan fingerprint density at radius 1 is 0.857 bits per heavy atom. The monoisotopic (exact) mass is 282 g/mol. The zero-order valence-corrected chi connectivity index (χ0v) is 14.5. The lowest BCUT2D eigenvalue weighted by atomic mass is 9.79. The summed E-state index contributed by atoms with van der Waals surface area (Å²) in [6.07, 6.45) is 15.0. The second-order valence-corrected chi connectivity index (χ2v) is 9.29. The van der Waals surface area contributed by atoms with Gasteiger partial charge in [0.25, 0.3) is 0 Å². The molecule has 3 aliphatic carbocycles. The first-order chi connectivity index (χ1) is 9.64. The van der Waals surface area contributed by atoms with Crippen LogP contribution in [-0.4, -0.2) is 0 Å². The minimum Gasteiger partial charge on any atom is -0.0802 e. The van der Waals surface area contributed by atoms with Crippen LogP contribution >= 0.6 is 0 Å². The highest BCUT2D eigenvalue weighted by Gasteiger charge is 2.38. The number of hydrogen-bond donors (Lipinski definition) is 0. The van der Waals surface area contributed by atoms with Crippen molar-refractivity contribution in [3.05, 3.63) is 47.1 Å². The van der Waals surface area contributed by atoms with Crippen molar-refractivity contribution in [2.45, 2.75) is 54.4 Å². The number of rotatable bonds is 0. The van der Waals surface area contributed by atoms with Gasteiger partial charge in [-0.1, -0.05) is 71.9 Å². The molecule has 3 unspecified atom stereocenters. The van der Waals surface area contributed by atoms with E-state index in [-0.39, 0.29) is 5.41 Å². The molecule has 0 aromatic heterocycles.